The molecule has 0 unspecified atom stereocenters. The van der Waals surface area contributed by atoms with Gasteiger partial charge in [0.2, 0.25) is 5.88 Å². The van der Waals surface area contributed by atoms with E-state index in [1.54, 1.807) is 30.9 Å². The number of ether oxygens (including phenoxy) is 1. The molecule has 2 aromatic heterocycles. The third-order valence-electron chi connectivity index (χ3n) is 2.14. The molecule has 18 heavy (non-hydrogen) atoms. The van der Waals surface area contributed by atoms with E-state index in [1.165, 1.54) is 0 Å². The first-order valence-electron chi connectivity index (χ1n) is 5.58. The predicted molar refractivity (Wildman–Crippen MR) is 68.7 cm³/mol. The average Bonchev–Trinajstić information content (AvgIpc) is 2.38. The fourth-order valence-corrected chi connectivity index (χ4v) is 1.47. The van der Waals surface area contributed by atoms with E-state index in [4.69, 9.17) is 16.3 Å². The van der Waals surface area contributed by atoms with Crippen molar-refractivity contribution in [3.63, 3.8) is 0 Å². The molecule has 0 aromatic carbocycles. The Labute approximate surface area is 110 Å². The van der Waals surface area contributed by atoms with E-state index >= 15 is 0 Å². The van der Waals surface area contributed by atoms with Crippen LogP contribution in [0.1, 0.15) is 12.6 Å². The van der Waals surface area contributed by atoms with E-state index < -0.39 is 0 Å². The summed E-state index contributed by atoms with van der Waals surface area (Å²) in [5, 5.41) is 3.69. The summed E-state index contributed by atoms with van der Waals surface area (Å²) in [7, 11) is 0. The summed E-state index contributed by atoms with van der Waals surface area (Å²) in [5.41, 5.74) is 0.869. The van der Waals surface area contributed by atoms with Crippen LogP contribution in [0.5, 0.6) is 11.6 Å². The van der Waals surface area contributed by atoms with Crippen molar-refractivity contribution < 1.29 is 4.74 Å². The molecular weight excluding hydrogens is 252 g/mol. The molecule has 0 aliphatic heterocycles. The molecule has 2 heterocycles. The maximum Gasteiger partial charge on any atom is 0.237 e. The Hall–Kier alpha value is -1.72. The first-order chi connectivity index (χ1) is 8.78. The number of hydrogen-bond donors (Lipinski definition) is 1. The lowest BCUT2D eigenvalue weighted by molar-refractivity contribution is 0.456. The second-order valence-electron chi connectivity index (χ2n) is 3.57. The van der Waals surface area contributed by atoms with Gasteiger partial charge >= 0.3 is 0 Å². The van der Waals surface area contributed by atoms with Crippen LogP contribution < -0.4 is 10.1 Å². The lowest BCUT2D eigenvalue weighted by atomic mass is 10.4. The van der Waals surface area contributed by atoms with Gasteiger partial charge in [-0.05, 0) is 6.54 Å². The van der Waals surface area contributed by atoms with Crippen molar-refractivity contribution in [2.45, 2.75) is 13.5 Å². The lowest BCUT2D eigenvalue weighted by Crippen LogP contribution is -2.13. The minimum absolute atomic E-state index is 0.416. The highest BCUT2D eigenvalue weighted by atomic mass is 35.5. The second-order valence-corrected chi connectivity index (χ2v) is 4.00. The molecule has 0 bridgehead atoms. The van der Waals surface area contributed by atoms with Crippen molar-refractivity contribution in [3.8, 4) is 11.6 Å². The van der Waals surface area contributed by atoms with Gasteiger partial charge in [0.05, 0.1) is 29.3 Å². The molecular formula is C12H13ClN4O. The van der Waals surface area contributed by atoms with Crippen LogP contribution in [0.2, 0.25) is 5.02 Å². The highest BCUT2D eigenvalue weighted by Crippen LogP contribution is 2.20. The van der Waals surface area contributed by atoms with Crippen LogP contribution in [-0.4, -0.2) is 21.5 Å². The van der Waals surface area contributed by atoms with Crippen LogP contribution >= 0.6 is 11.6 Å². The van der Waals surface area contributed by atoms with E-state index in [0.29, 0.717) is 23.2 Å². The molecule has 2 rings (SSSR count). The van der Waals surface area contributed by atoms with Crippen LogP contribution in [0.15, 0.2) is 30.9 Å². The number of aromatic nitrogens is 3. The van der Waals surface area contributed by atoms with Crippen LogP contribution in [0.4, 0.5) is 0 Å². The van der Waals surface area contributed by atoms with E-state index in [9.17, 15) is 0 Å². The van der Waals surface area contributed by atoms with Gasteiger partial charge in [-0.3, -0.25) is 9.97 Å². The summed E-state index contributed by atoms with van der Waals surface area (Å²) in [6, 6.07) is 1.67. The molecule has 2 aromatic rings. The third kappa shape index (κ3) is 3.65. The van der Waals surface area contributed by atoms with E-state index in [0.717, 1.165) is 12.2 Å². The summed E-state index contributed by atoms with van der Waals surface area (Å²) >= 11 is 5.81. The Bertz CT molecular complexity index is 504. The molecule has 0 saturated carbocycles. The molecule has 5 nitrogen and oxygen atoms in total. The second kappa shape index (κ2) is 6.28. The van der Waals surface area contributed by atoms with Crippen LogP contribution in [0.25, 0.3) is 0 Å². The van der Waals surface area contributed by atoms with E-state index in [-0.39, 0.29) is 0 Å². The Balaban J connectivity index is 2.02. The summed E-state index contributed by atoms with van der Waals surface area (Å²) in [6.07, 6.45) is 6.36. The number of halogens is 1. The molecule has 0 atom stereocenters. The minimum atomic E-state index is 0.416. The fraction of sp³-hybridized carbons (Fsp3) is 0.250. The van der Waals surface area contributed by atoms with E-state index in [1.807, 2.05) is 6.92 Å². The lowest BCUT2D eigenvalue weighted by Gasteiger charge is -2.05. The Morgan fingerprint density at radius 1 is 1.22 bits per heavy atom. The van der Waals surface area contributed by atoms with Gasteiger partial charge in [0.25, 0.3) is 0 Å². The Morgan fingerprint density at radius 3 is 2.78 bits per heavy atom. The molecule has 0 amide bonds. The molecule has 94 valence electrons. The monoisotopic (exact) mass is 264 g/mol. The van der Waals surface area contributed by atoms with Crippen molar-refractivity contribution in [1.82, 2.24) is 20.3 Å². The van der Waals surface area contributed by atoms with Gasteiger partial charge in [0, 0.05) is 18.8 Å². The van der Waals surface area contributed by atoms with Gasteiger partial charge in [0.1, 0.15) is 5.75 Å². The van der Waals surface area contributed by atoms with E-state index in [2.05, 4.69) is 20.3 Å². The van der Waals surface area contributed by atoms with Gasteiger partial charge in [0.15, 0.2) is 0 Å². The molecule has 0 aliphatic carbocycles. The van der Waals surface area contributed by atoms with Crippen LogP contribution in [0, 0.1) is 0 Å². The van der Waals surface area contributed by atoms with Crippen molar-refractivity contribution in [2.24, 2.45) is 0 Å². The summed E-state index contributed by atoms with van der Waals surface area (Å²) < 4.78 is 5.48. The summed E-state index contributed by atoms with van der Waals surface area (Å²) in [5.74, 6) is 0.954. The molecule has 0 radical (unpaired) electrons. The largest absolute Gasteiger partial charge is 0.436 e. The predicted octanol–water partition coefficient (Wildman–Crippen LogP) is 2.43. The molecule has 6 heteroatoms. The van der Waals surface area contributed by atoms with Gasteiger partial charge in [-0.15, -0.1) is 0 Å². The number of nitrogens with zero attached hydrogens (tertiary/aromatic N) is 3. The maximum absolute atomic E-state index is 5.81. The van der Waals surface area contributed by atoms with Crippen molar-refractivity contribution in [2.75, 3.05) is 6.54 Å². The molecule has 0 aliphatic rings. The maximum atomic E-state index is 5.81. The van der Waals surface area contributed by atoms with Gasteiger partial charge in [-0.2, -0.15) is 0 Å². The standard InChI is InChI=1S/C12H13ClN4O/c1-2-14-5-10-6-17-12(8-16-10)18-11-3-9(13)4-15-7-11/h3-4,6-8,14H,2,5H2,1H3. The SMILES string of the molecule is CCNCc1cnc(Oc2cncc(Cl)c2)cn1. The smallest absolute Gasteiger partial charge is 0.237 e. The molecule has 0 fully saturated rings. The van der Waals surface area contributed by atoms with Crippen molar-refractivity contribution in [3.05, 3.63) is 41.6 Å². The number of pyridine rings is 1. The summed E-state index contributed by atoms with van der Waals surface area (Å²) in [6.45, 7) is 3.63. The third-order valence-corrected chi connectivity index (χ3v) is 2.35. The summed E-state index contributed by atoms with van der Waals surface area (Å²) in [4.78, 5) is 12.3. The first-order valence-corrected chi connectivity index (χ1v) is 5.96. The first kappa shape index (κ1) is 12.7. The molecule has 0 saturated heterocycles. The Morgan fingerprint density at radius 2 is 2.11 bits per heavy atom. The van der Waals surface area contributed by atoms with Crippen LogP contribution in [-0.2, 0) is 6.54 Å². The number of nitrogens with one attached hydrogen (secondary N) is 1. The molecule has 1 N–H and O–H groups in total. The van der Waals surface area contributed by atoms with Gasteiger partial charge in [-0.25, -0.2) is 4.98 Å². The minimum Gasteiger partial charge on any atom is -0.436 e. The fourth-order valence-electron chi connectivity index (χ4n) is 1.31. The van der Waals surface area contributed by atoms with Crippen LogP contribution in [0.3, 0.4) is 0 Å². The van der Waals surface area contributed by atoms with Gasteiger partial charge < -0.3 is 10.1 Å². The quantitative estimate of drug-likeness (QED) is 0.899. The number of hydrogen-bond acceptors (Lipinski definition) is 5. The highest BCUT2D eigenvalue weighted by Gasteiger charge is 2.01. The average molecular weight is 265 g/mol. The highest BCUT2D eigenvalue weighted by molar-refractivity contribution is 6.30. The zero-order valence-electron chi connectivity index (χ0n) is 9.93. The van der Waals surface area contributed by atoms with Crippen molar-refractivity contribution >= 4 is 11.6 Å². The zero-order chi connectivity index (χ0) is 12.8. The Kier molecular flexibility index (Phi) is 4.44. The number of rotatable bonds is 5. The molecule has 0 spiro atoms. The van der Waals surface area contributed by atoms with Gasteiger partial charge in [-0.1, -0.05) is 18.5 Å². The topological polar surface area (TPSA) is 59.9 Å². The van der Waals surface area contributed by atoms with Crippen molar-refractivity contribution in [1.29, 1.82) is 0 Å². The zero-order valence-corrected chi connectivity index (χ0v) is 10.7. The normalized spacial score (nSPS) is 10.3.